The molecule has 5 nitrogen and oxygen atoms in total. The van der Waals surface area contributed by atoms with Gasteiger partial charge in [0.25, 0.3) is 5.91 Å². The fourth-order valence-electron chi connectivity index (χ4n) is 2.28. The normalized spacial score (nSPS) is 10.7. The lowest BCUT2D eigenvalue weighted by molar-refractivity contribution is 0.0954. The van der Waals surface area contributed by atoms with Gasteiger partial charge in [-0.25, -0.2) is 4.39 Å². The van der Waals surface area contributed by atoms with E-state index >= 15 is 0 Å². The van der Waals surface area contributed by atoms with Crippen LogP contribution in [-0.2, 0) is 6.54 Å². The number of aryl methyl sites for hydroxylation is 1. The maximum absolute atomic E-state index is 13.3. The molecule has 3 N–H and O–H groups in total. The van der Waals surface area contributed by atoms with Gasteiger partial charge in [-0.3, -0.25) is 9.79 Å². The summed E-state index contributed by atoms with van der Waals surface area (Å²) in [6, 6.07) is 11.7. The standard InChI is InChI=1S/C19H22ClFN4O.HI/c1-13-11-14(3-8-17(13)21)12-25-19(22-2)24-10-9-23-18(26)15-4-6-16(20)7-5-15;/h3-8,11H,9-10,12H2,1-2H3,(H,23,26)(H2,22,24,25);1H. The van der Waals surface area contributed by atoms with Gasteiger partial charge in [-0.15, -0.1) is 24.0 Å². The maximum Gasteiger partial charge on any atom is 0.251 e. The lowest BCUT2D eigenvalue weighted by Gasteiger charge is -2.13. The second-order valence-electron chi connectivity index (χ2n) is 5.70. The first kappa shape index (κ1) is 23.2. The summed E-state index contributed by atoms with van der Waals surface area (Å²) >= 11 is 5.80. The van der Waals surface area contributed by atoms with E-state index in [9.17, 15) is 9.18 Å². The van der Waals surface area contributed by atoms with Gasteiger partial charge in [0.2, 0.25) is 0 Å². The van der Waals surface area contributed by atoms with E-state index in [2.05, 4.69) is 20.9 Å². The number of benzene rings is 2. The quantitative estimate of drug-likeness (QED) is 0.244. The van der Waals surface area contributed by atoms with Crippen LogP contribution in [0.25, 0.3) is 0 Å². The third-order valence-corrected chi connectivity index (χ3v) is 3.97. The van der Waals surface area contributed by atoms with Crippen LogP contribution in [0.2, 0.25) is 5.02 Å². The number of nitrogens with one attached hydrogen (secondary N) is 3. The number of carbonyl (C=O) groups excluding carboxylic acids is 1. The predicted molar refractivity (Wildman–Crippen MR) is 119 cm³/mol. The van der Waals surface area contributed by atoms with Crippen LogP contribution >= 0.6 is 35.6 Å². The van der Waals surface area contributed by atoms with E-state index in [1.165, 1.54) is 6.07 Å². The van der Waals surface area contributed by atoms with Crippen molar-refractivity contribution >= 4 is 47.4 Å². The minimum absolute atomic E-state index is 0. The Morgan fingerprint density at radius 3 is 2.37 bits per heavy atom. The molecule has 2 aromatic carbocycles. The van der Waals surface area contributed by atoms with E-state index in [1.54, 1.807) is 50.4 Å². The minimum atomic E-state index is -0.215. The van der Waals surface area contributed by atoms with Gasteiger partial charge >= 0.3 is 0 Å². The highest BCUT2D eigenvalue weighted by molar-refractivity contribution is 14.0. The SMILES string of the molecule is CN=C(NCCNC(=O)c1ccc(Cl)cc1)NCc1ccc(F)c(C)c1.I. The molecule has 0 bridgehead atoms. The smallest absolute Gasteiger partial charge is 0.251 e. The van der Waals surface area contributed by atoms with E-state index in [0.717, 1.165) is 5.56 Å². The number of hydrogen-bond acceptors (Lipinski definition) is 2. The summed E-state index contributed by atoms with van der Waals surface area (Å²) in [5.41, 5.74) is 2.13. The Hall–Kier alpha value is -1.87. The first-order valence-electron chi connectivity index (χ1n) is 8.23. The molecule has 0 aliphatic rings. The van der Waals surface area contributed by atoms with Crippen molar-refractivity contribution < 1.29 is 9.18 Å². The topological polar surface area (TPSA) is 65.5 Å². The number of guanidine groups is 1. The van der Waals surface area contributed by atoms with Gasteiger partial charge in [-0.05, 0) is 48.4 Å². The lowest BCUT2D eigenvalue weighted by atomic mass is 10.1. The van der Waals surface area contributed by atoms with Crippen molar-refractivity contribution in [3.63, 3.8) is 0 Å². The zero-order valence-electron chi connectivity index (χ0n) is 15.2. The number of hydrogen-bond donors (Lipinski definition) is 3. The highest BCUT2D eigenvalue weighted by atomic mass is 127. The van der Waals surface area contributed by atoms with Gasteiger partial charge in [-0.2, -0.15) is 0 Å². The first-order chi connectivity index (χ1) is 12.5. The lowest BCUT2D eigenvalue weighted by Crippen LogP contribution is -2.41. The summed E-state index contributed by atoms with van der Waals surface area (Å²) in [6.07, 6.45) is 0. The summed E-state index contributed by atoms with van der Waals surface area (Å²) in [5.74, 6) is 0.230. The molecule has 0 aliphatic heterocycles. The highest BCUT2D eigenvalue weighted by Gasteiger charge is 2.05. The molecule has 0 heterocycles. The summed E-state index contributed by atoms with van der Waals surface area (Å²) < 4.78 is 13.3. The molecule has 0 unspecified atom stereocenters. The Morgan fingerprint density at radius 1 is 1.07 bits per heavy atom. The molecule has 0 spiro atoms. The van der Waals surface area contributed by atoms with E-state index in [0.29, 0.717) is 41.7 Å². The van der Waals surface area contributed by atoms with Crippen molar-refractivity contribution in [2.45, 2.75) is 13.5 Å². The molecule has 0 saturated heterocycles. The summed E-state index contributed by atoms with van der Waals surface area (Å²) in [7, 11) is 1.66. The van der Waals surface area contributed by atoms with Crippen molar-refractivity contribution in [1.29, 1.82) is 0 Å². The Bertz CT molecular complexity index is 784. The number of amides is 1. The molecular formula is C19H23ClFIN4O. The van der Waals surface area contributed by atoms with Crippen molar-refractivity contribution in [1.82, 2.24) is 16.0 Å². The van der Waals surface area contributed by atoms with Crippen LogP contribution in [0.15, 0.2) is 47.5 Å². The van der Waals surface area contributed by atoms with Crippen LogP contribution in [0.3, 0.4) is 0 Å². The summed E-state index contributed by atoms with van der Waals surface area (Å²) in [5, 5.41) is 9.67. The van der Waals surface area contributed by atoms with E-state index in [4.69, 9.17) is 11.6 Å². The number of halogens is 3. The molecule has 146 valence electrons. The molecule has 0 aliphatic carbocycles. The van der Waals surface area contributed by atoms with Crippen LogP contribution in [0.5, 0.6) is 0 Å². The molecule has 8 heteroatoms. The van der Waals surface area contributed by atoms with Crippen LogP contribution in [0.1, 0.15) is 21.5 Å². The maximum atomic E-state index is 13.3. The average molecular weight is 505 g/mol. The largest absolute Gasteiger partial charge is 0.355 e. The van der Waals surface area contributed by atoms with Gasteiger partial charge in [0.15, 0.2) is 5.96 Å². The average Bonchev–Trinajstić information content (AvgIpc) is 2.64. The van der Waals surface area contributed by atoms with Gasteiger partial charge in [0.1, 0.15) is 5.82 Å². The Balaban J connectivity index is 0.00000364. The molecule has 27 heavy (non-hydrogen) atoms. The fraction of sp³-hybridized carbons (Fsp3) is 0.263. The van der Waals surface area contributed by atoms with Gasteiger partial charge in [0, 0.05) is 37.3 Å². The Morgan fingerprint density at radius 2 is 1.74 bits per heavy atom. The minimum Gasteiger partial charge on any atom is -0.355 e. The number of carbonyl (C=O) groups is 1. The van der Waals surface area contributed by atoms with Gasteiger partial charge < -0.3 is 16.0 Å². The number of aliphatic imine (C=N–C) groups is 1. The first-order valence-corrected chi connectivity index (χ1v) is 8.60. The summed E-state index contributed by atoms with van der Waals surface area (Å²) in [4.78, 5) is 16.1. The van der Waals surface area contributed by atoms with Crippen molar-refractivity contribution in [2.24, 2.45) is 4.99 Å². The molecular weight excluding hydrogens is 482 g/mol. The number of rotatable bonds is 6. The molecule has 0 atom stereocenters. The molecule has 0 fully saturated rings. The molecule has 0 saturated carbocycles. The molecule has 2 rings (SSSR count). The van der Waals surface area contributed by atoms with Gasteiger partial charge in [-0.1, -0.05) is 23.7 Å². The van der Waals surface area contributed by atoms with Crippen LogP contribution in [-0.4, -0.2) is 32.0 Å². The third kappa shape index (κ3) is 7.72. The fourth-order valence-corrected chi connectivity index (χ4v) is 2.41. The predicted octanol–water partition coefficient (Wildman–Crippen LogP) is 3.50. The van der Waals surface area contributed by atoms with Gasteiger partial charge in [0.05, 0.1) is 0 Å². The van der Waals surface area contributed by atoms with Crippen LogP contribution in [0, 0.1) is 12.7 Å². The second-order valence-corrected chi connectivity index (χ2v) is 6.14. The van der Waals surface area contributed by atoms with E-state index < -0.39 is 0 Å². The monoisotopic (exact) mass is 504 g/mol. The second kappa shape index (κ2) is 11.8. The Kier molecular flexibility index (Phi) is 10.1. The molecule has 2 aromatic rings. The third-order valence-electron chi connectivity index (χ3n) is 3.72. The van der Waals surface area contributed by atoms with Crippen molar-refractivity contribution in [3.8, 4) is 0 Å². The van der Waals surface area contributed by atoms with Crippen LogP contribution in [0.4, 0.5) is 4.39 Å². The molecule has 0 aromatic heterocycles. The zero-order valence-corrected chi connectivity index (χ0v) is 18.3. The van der Waals surface area contributed by atoms with E-state index in [1.807, 2.05) is 0 Å². The zero-order chi connectivity index (χ0) is 18.9. The highest BCUT2D eigenvalue weighted by Crippen LogP contribution is 2.09. The number of nitrogens with zero attached hydrogens (tertiary/aromatic N) is 1. The van der Waals surface area contributed by atoms with E-state index in [-0.39, 0.29) is 35.7 Å². The van der Waals surface area contributed by atoms with Crippen molar-refractivity contribution in [3.05, 3.63) is 70.0 Å². The molecule has 0 radical (unpaired) electrons. The van der Waals surface area contributed by atoms with Crippen molar-refractivity contribution in [2.75, 3.05) is 20.1 Å². The molecule has 1 amide bonds. The van der Waals surface area contributed by atoms with Crippen LogP contribution < -0.4 is 16.0 Å². The Labute approximate surface area is 180 Å². The summed E-state index contributed by atoms with van der Waals surface area (Å²) in [6.45, 7) is 3.21.